The van der Waals surface area contributed by atoms with Crippen LogP contribution in [-0.2, 0) is 21.8 Å². The molecule has 34 heavy (non-hydrogen) atoms. The number of alkyl carbamates (subject to hydrolysis) is 1. The molecule has 0 aliphatic heterocycles. The van der Waals surface area contributed by atoms with Gasteiger partial charge in [0.05, 0.1) is 6.07 Å². The van der Waals surface area contributed by atoms with E-state index in [0.29, 0.717) is 22.6 Å². The van der Waals surface area contributed by atoms with E-state index in [1.165, 1.54) is 11.8 Å². The second-order valence-electron chi connectivity index (χ2n) is 8.46. The minimum absolute atomic E-state index is 0.139. The molecule has 0 aliphatic carbocycles. The fourth-order valence-electron chi connectivity index (χ4n) is 2.85. The Hall–Kier alpha value is -3.51. The van der Waals surface area contributed by atoms with Crippen LogP contribution in [0.25, 0.3) is 0 Å². The molecule has 2 aromatic carbocycles. The molecule has 0 aromatic heterocycles. The number of thioether (sulfide) groups is 1. The topological polar surface area (TPSA) is 120 Å². The first-order valence-electron chi connectivity index (χ1n) is 10.8. The fourth-order valence-corrected chi connectivity index (χ4v) is 3.87. The smallest absolute Gasteiger partial charge is 0.407 e. The van der Waals surface area contributed by atoms with Crippen molar-refractivity contribution >= 4 is 29.7 Å². The molecule has 0 fully saturated rings. The van der Waals surface area contributed by atoms with Crippen molar-refractivity contribution in [3.05, 3.63) is 71.3 Å². The summed E-state index contributed by atoms with van der Waals surface area (Å²) < 4.78 is 5.22. The number of nitrogens with zero attached hydrogens (tertiary/aromatic N) is 1. The van der Waals surface area contributed by atoms with E-state index in [1.54, 1.807) is 45.0 Å². The van der Waals surface area contributed by atoms with Crippen LogP contribution in [0, 0.1) is 11.3 Å². The monoisotopic (exact) mass is 482 g/mol. The number of amides is 3. The fraction of sp³-hybridized carbons (Fsp3) is 0.360. The van der Waals surface area contributed by atoms with Crippen LogP contribution in [0.4, 0.5) is 4.79 Å². The summed E-state index contributed by atoms with van der Waals surface area (Å²) in [7, 11) is 0. The molecule has 3 amide bonds. The van der Waals surface area contributed by atoms with Gasteiger partial charge in [-0.05, 0) is 44.0 Å². The zero-order chi connectivity index (χ0) is 25.0. The molecule has 0 saturated heterocycles. The average Bonchev–Trinajstić information content (AvgIpc) is 2.80. The summed E-state index contributed by atoms with van der Waals surface area (Å²) in [5, 5.41) is 16.7. The van der Waals surface area contributed by atoms with Crippen molar-refractivity contribution < 1.29 is 19.1 Å². The van der Waals surface area contributed by atoms with E-state index in [-0.39, 0.29) is 13.1 Å². The van der Waals surface area contributed by atoms with Gasteiger partial charge in [-0.25, -0.2) is 4.79 Å². The number of rotatable bonds is 10. The van der Waals surface area contributed by atoms with Crippen LogP contribution in [0.1, 0.15) is 42.3 Å². The molecule has 0 unspecified atom stereocenters. The first-order valence-corrected chi connectivity index (χ1v) is 12.0. The summed E-state index contributed by atoms with van der Waals surface area (Å²) >= 11 is 1.51. The largest absolute Gasteiger partial charge is 0.444 e. The number of hydrogen-bond acceptors (Lipinski definition) is 6. The summed E-state index contributed by atoms with van der Waals surface area (Å²) in [5.41, 5.74) is 1.57. The van der Waals surface area contributed by atoms with E-state index < -0.39 is 29.6 Å². The van der Waals surface area contributed by atoms with Gasteiger partial charge in [-0.2, -0.15) is 17.0 Å². The number of hydrogen-bond donors (Lipinski definition) is 3. The van der Waals surface area contributed by atoms with E-state index >= 15 is 0 Å². The molecule has 180 valence electrons. The van der Waals surface area contributed by atoms with Crippen LogP contribution in [0.3, 0.4) is 0 Å². The van der Waals surface area contributed by atoms with Crippen molar-refractivity contribution in [1.82, 2.24) is 16.0 Å². The first kappa shape index (κ1) is 26.7. The standard InChI is InChI=1S/C25H30N4O4S/c1-25(2,3)33-24(32)28-15-19-10-7-11-20(14-19)22(30)29-21(23(31)27-13-12-26)17-34-16-18-8-5-4-6-9-18/h4-11,14,21H,13,15-17H2,1-3H3,(H,27,31)(H,28,32)(H,29,30)/t21-/m0/s1. The Morgan fingerprint density at radius 1 is 1.03 bits per heavy atom. The number of ether oxygens (including phenoxy) is 1. The SMILES string of the molecule is CC(C)(C)OC(=O)NCc1cccc(C(=O)N[C@@H](CSCc2ccccc2)C(=O)NCC#N)c1. The minimum atomic E-state index is -0.807. The summed E-state index contributed by atoms with van der Waals surface area (Å²) in [6.07, 6.45) is -0.549. The van der Waals surface area contributed by atoms with E-state index in [4.69, 9.17) is 10.00 Å². The van der Waals surface area contributed by atoms with Crippen molar-refractivity contribution in [3.8, 4) is 6.07 Å². The first-order chi connectivity index (χ1) is 16.2. The third-order valence-corrected chi connectivity index (χ3v) is 5.49. The molecule has 0 saturated carbocycles. The van der Waals surface area contributed by atoms with E-state index in [9.17, 15) is 14.4 Å². The minimum Gasteiger partial charge on any atom is -0.444 e. The summed E-state index contributed by atoms with van der Waals surface area (Å²) in [5.74, 6) is 0.192. The molecule has 2 aromatic rings. The highest BCUT2D eigenvalue weighted by Gasteiger charge is 2.22. The summed E-state index contributed by atoms with van der Waals surface area (Å²) in [4.78, 5) is 37.3. The van der Waals surface area contributed by atoms with Gasteiger partial charge in [-0.15, -0.1) is 0 Å². The number of nitrogens with one attached hydrogen (secondary N) is 3. The van der Waals surface area contributed by atoms with Crippen LogP contribution in [0.5, 0.6) is 0 Å². The Balaban J connectivity index is 1.99. The van der Waals surface area contributed by atoms with Crippen molar-refractivity contribution in [2.75, 3.05) is 12.3 Å². The Kier molecular flexibility index (Phi) is 10.4. The van der Waals surface area contributed by atoms with Crippen molar-refractivity contribution in [2.45, 2.75) is 44.7 Å². The number of benzene rings is 2. The average molecular weight is 483 g/mol. The van der Waals surface area contributed by atoms with Crippen molar-refractivity contribution in [3.63, 3.8) is 0 Å². The Morgan fingerprint density at radius 3 is 2.41 bits per heavy atom. The van der Waals surface area contributed by atoms with Crippen LogP contribution < -0.4 is 16.0 Å². The highest BCUT2D eigenvalue weighted by molar-refractivity contribution is 7.98. The van der Waals surface area contributed by atoms with Crippen LogP contribution in [0.2, 0.25) is 0 Å². The highest BCUT2D eigenvalue weighted by atomic mass is 32.2. The third kappa shape index (κ3) is 9.96. The molecule has 1 atom stereocenters. The normalized spacial score (nSPS) is 11.6. The molecule has 8 nitrogen and oxygen atoms in total. The van der Waals surface area contributed by atoms with Gasteiger partial charge < -0.3 is 20.7 Å². The molecule has 9 heteroatoms. The predicted octanol–water partition coefficient (Wildman–Crippen LogP) is 3.38. The quantitative estimate of drug-likeness (QED) is 0.447. The van der Waals surface area contributed by atoms with Gasteiger partial charge in [0.2, 0.25) is 5.91 Å². The van der Waals surface area contributed by atoms with Crippen molar-refractivity contribution in [2.24, 2.45) is 0 Å². The number of carbonyl (C=O) groups is 3. The number of carbonyl (C=O) groups excluding carboxylic acids is 3. The van der Waals surface area contributed by atoms with Gasteiger partial charge in [0.1, 0.15) is 18.2 Å². The van der Waals surface area contributed by atoms with Gasteiger partial charge in [0, 0.05) is 23.6 Å². The molecule has 2 rings (SSSR count). The zero-order valence-electron chi connectivity index (χ0n) is 19.6. The Bertz CT molecular complexity index is 1020. The molecule has 0 bridgehead atoms. The maximum Gasteiger partial charge on any atom is 0.407 e. The Morgan fingerprint density at radius 2 is 1.74 bits per heavy atom. The van der Waals surface area contributed by atoms with E-state index in [1.807, 2.05) is 36.4 Å². The predicted molar refractivity (Wildman–Crippen MR) is 132 cm³/mol. The second-order valence-corrected chi connectivity index (χ2v) is 9.49. The van der Waals surface area contributed by atoms with E-state index in [2.05, 4.69) is 16.0 Å². The molecule has 3 N–H and O–H groups in total. The summed E-state index contributed by atoms with van der Waals surface area (Å²) in [6, 6.07) is 17.6. The molecular formula is C25H30N4O4S. The lowest BCUT2D eigenvalue weighted by Crippen LogP contribution is -2.48. The summed E-state index contributed by atoms with van der Waals surface area (Å²) in [6.45, 7) is 5.38. The molecule has 0 heterocycles. The lowest BCUT2D eigenvalue weighted by molar-refractivity contribution is -0.122. The molecular weight excluding hydrogens is 452 g/mol. The molecule has 0 spiro atoms. The van der Waals surface area contributed by atoms with Crippen LogP contribution in [0.15, 0.2) is 54.6 Å². The lowest BCUT2D eigenvalue weighted by Gasteiger charge is -2.20. The van der Waals surface area contributed by atoms with Crippen molar-refractivity contribution in [1.29, 1.82) is 5.26 Å². The van der Waals surface area contributed by atoms with Gasteiger partial charge in [0.15, 0.2) is 0 Å². The maximum atomic E-state index is 12.9. The van der Waals surface area contributed by atoms with Gasteiger partial charge >= 0.3 is 6.09 Å². The van der Waals surface area contributed by atoms with Gasteiger partial charge in [-0.1, -0.05) is 42.5 Å². The Labute approximate surface area is 204 Å². The zero-order valence-corrected chi connectivity index (χ0v) is 20.4. The van der Waals surface area contributed by atoms with E-state index in [0.717, 1.165) is 5.56 Å². The number of nitriles is 1. The van der Waals surface area contributed by atoms with Crippen LogP contribution in [-0.4, -0.2) is 41.8 Å². The molecule has 0 radical (unpaired) electrons. The third-order valence-electron chi connectivity index (χ3n) is 4.38. The highest BCUT2D eigenvalue weighted by Crippen LogP contribution is 2.14. The van der Waals surface area contributed by atoms with Crippen LogP contribution >= 0.6 is 11.8 Å². The van der Waals surface area contributed by atoms with Gasteiger partial charge in [0.25, 0.3) is 5.91 Å². The second kappa shape index (κ2) is 13.3. The lowest BCUT2D eigenvalue weighted by atomic mass is 10.1. The van der Waals surface area contributed by atoms with Gasteiger partial charge in [-0.3, -0.25) is 9.59 Å². The maximum absolute atomic E-state index is 12.9. The molecule has 0 aliphatic rings.